The van der Waals surface area contributed by atoms with Crippen molar-refractivity contribution in [1.29, 1.82) is 0 Å². The number of para-hydroxylation sites is 1. The third-order valence-corrected chi connectivity index (χ3v) is 4.10. The number of nitrogens with one attached hydrogen (secondary N) is 1. The number of nitrogens with zero attached hydrogens (tertiary/aromatic N) is 4. The molecule has 0 saturated carbocycles. The van der Waals surface area contributed by atoms with Crippen molar-refractivity contribution in [2.75, 3.05) is 30.9 Å². The zero-order valence-electron chi connectivity index (χ0n) is 15.3. The largest absolute Gasteiger partial charge is 0.465 e. The lowest BCUT2D eigenvalue weighted by molar-refractivity contribution is 0.0602. The van der Waals surface area contributed by atoms with E-state index in [1.165, 1.54) is 12.7 Å². The Morgan fingerprint density at radius 1 is 1.11 bits per heavy atom. The van der Waals surface area contributed by atoms with Crippen LogP contribution in [0, 0.1) is 0 Å². The van der Waals surface area contributed by atoms with Crippen molar-refractivity contribution in [3.63, 3.8) is 0 Å². The van der Waals surface area contributed by atoms with E-state index < -0.39 is 5.97 Å². The Bertz CT molecular complexity index is 902. The summed E-state index contributed by atoms with van der Waals surface area (Å²) in [4.78, 5) is 26.8. The highest BCUT2D eigenvalue weighted by Crippen LogP contribution is 2.20. The number of esters is 1. The molecule has 3 rings (SSSR count). The molecule has 0 radical (unpaired) electrons. The van der Waals surface area contributed by atoms with Crippen LogP contribution in [0.5, 0.6) is 0 Å². The number of likely N-dealkylation sites (N-methyl/N-ethyl adjacent to an activating group) is 1. The maximum atomic E-state index is 11.9. The van der Waals surface area contributed by atoms with Crippen LogP contribution < -0.4 is 10.2 Å². The average molecular weight is 363 g/mol. The molecule has 1 N–H and O–H groups in total. The summed E-state index contributed by atoms with van der Waals surface area (Å²) >= 11 is 0. The number of hydrogen-bond donors (Lipinski definition) is 1. The number of benzene rings is 1. The molecule has 7 nitrogen and oxygen atoms in total. The molecule has 138 valence electrons. The fourth-order valence-electron chi connectivity index (χ4n) is 2.58. The van der Waals surface area contributed by atoms with Crippen LogP contribution in [-0.4, -0.2) is 41.6 Å². The summed E-state index contributed by atoms with van der Waals surface area (Å²) < 4.78 is 4.82. The fourth-order valence-corrected chi connectivity index (χ4v) is 2.58. The maximum Gasteiger partial charge on any atom is 0.339 e. The molecule has 1 aromatic carbocycles. The van der Waals surface area contributed by atoms with Crippen molar-refractivity contribution in [3.8, 4) is 0 Å². The van der Waals surface area contributed by atoms with Crippen molar-refractivity contribution in [1.82, 2.24) is 15.0 Å². The average Bonchev–Trinajstić information content (AvgIpc) is 2.73. The summed E-state index contributed by atoms with van der Waals surface area (Å²) in [6.07, 6.45) is 6.16. The SMILES string of the molecule is COC(=O)c1ccccc1Nc1nccc(N(C)CCc2ccncc2)n1. The normalized spacial score (nSPS) is 10.3. The first-order chi connectivity index (χ1) is 13.2. The van der Waals surface area contributed by atoms with Gasteiger partial charge in [0.15, 0.2) is 0 Å². The van der Waals surface area contributed by atoms with Crippen LogP contribution in [0.15, 0.2) is 61.1 Å². The quantitative estimate of drug-likeness (QED) is 0.646. The van der Waals surface area contributed by atoms with E-state index in [0.29, 0.717) is 17.2 Å². The van der Waals surface area contributed by atoms with Gasteiger partial charge in [-0.1, -0.05) is 12.1 Å². The molecule has 0 bridgehead atoms. The molecule has 0 spiro atoms. The van der Waals surface area contributed by atoms with Gasteiger partial charge in [-0.05, 0) is 42.3 Å². The molecule has 0 saturated heterocycles. The van der Waals surface area contributed by atoms with Crippen molar-refractivity contribution in [2.24, 2.45) is 0 Å². The third kappa shape index (κ3) is 4.78. The second kappa shape index (κ2) is 8.75. The van der Waals surface area contributed by atoms with Crippen LogP contribution >= 0.6 is 0 Å². The molecule has 0 atom stereocenters. The zero-order valence-corrected chi connectivity index (χ0v) is 15.3. The Labute approximate surface area is 158 Å². The van der Waals surface area contributed by atoms with Crippen molar-refractivity contribution in [3.05, 3.63) is 72.2 Å². The van der Waals surface area contributed by atoms with Crippen LogP contribution in [0.1, 0.15) is 15.9 Å². The minimum absolute atomic E-state index is 0.413. The number of ether oxygens (including phenoxy) is 1. The Morgan fingerprint density at radius 3 is 2.67 bits per heavy atom. The molecule has 0 fully saturated rings. The molecular formula is C20H21N5O2. The molecule has 2 aromatic heterocycles. The summed E-state index contributed by atoms with van der Waals surface area (Å²) in [6.45, 7) is 0.805. The Hall–Kier alpha value is -3.48. The lowest BCUT2D eigenvalue weighted by Crippen LogP contribution is -2.21. The van der Waals surface area contributed by atoms with Crippen LogP contribution in [0.25, 0.3) is 0 Å². The number of carbonyl (C=O) groups is 1. The van der Waals surface area contributed by atoms with Gasteiger partial charge in [0.05, 0.1) is 18.4 Å². The second-order valence-electron chi connectivity index (χ2n) is 5.93. The van der Waals surface area contributed by atoms with Gasteiger partial charge in [-0.15, -0.1) is 0 Å². The second-order valence-corrected chi connectivity index (χ2v) is 5.93. The minimum atomic E-state index is -0.413. The maximum absolute atomic E-state index is 11.9. The van der Waals surface area contributed by atoms with Crippen molar-refractivity contribution in [2.45, 2.75) is 6.42 Å². The van der Waals surface area contributed by atoms with Gasteiger partial charge in [0.2, 0.25) is 5.95 Å². The summed E-state index contributed by atoms with van der Waals surface area (Å²) in [5.41, 5.74) is 2.25. The molecule has 0 aliphatic heterocycles. The van der Waals surface area contributed by atoms with E-state index in [1.807, 2.05) is 31.3 Å². The highest BCUT2D eigenvalue weighted by molar-refractivity contribution is 5.96. The molecule has 0 amide bonds. The summed E-state index contributed by atoms with van der Waals surface area (Å²) in [7, 11) is 3.34. The summed E-state index contributed by atoms with van der Waals surface area (Å²) in [5.74, 6) is 0.792. The number of aromatic nitrogens is 3. The smallest absolute Gasteiger partial charge is 0.339 e. The molecular weight excluding hydrogens is 342 g/mol. The lowest BCUT2D eigenvalue weighted by atomic mass is 10.2. The summed E-state index contributed by atoms with van der Waals surface area (Å²) in [6, 6.07) is 13.0. The van der Waals surface area contributed by atoms with Gasteiger partial charge in [-0.25, -0.2) is 9.78 Å². The molecule has 0 aliphatic rings. The minimum Gasteiger partial charge on any atom is -0.465 e. The predicted octanol–water partition coefficient (Wildman–Crippen LogP) is 3.08. The van der Waals surface area contributed by atoms with Gasteiger partial charge in [0, 0.05) is 32.2 Å². The van der Waals surface area contributed by atoms with E-state index in [-0.39, 0.29) is 0 Å². The van der Waals surface area contributed by atoms with Crippen LogP contribution in [0.4, 0.5) is 17.5 Å². The van der Waals surface area contributed by atoms with Crippen LogP contribution in [0.3, 0.4) is 0 Å². The molecule has 27 heavy (non-hydrogen) atoms. The first-order valence-corrected chi connectivity index (χ1v) is 8.55. The molecule has 2 heterocycles. The first-order valence-electron chi connectivity index (χ1n) is 8.55. The zero-order chi connectivity index (χ0) is 19.1. The van der Waals surface area contributed by atoms with Gasteiger partial charge in [-0.2, -0.15) is 4.98 Å². The predicted molar refractivity (Wildman–Crippen MR) is 104 cm³/mol. The Morgan fingerprint density at radius 2 is 1.89 bits per heavy atom. The third-order valence-electron chi connectivity index (χ3n) is 4.10. The number of anilines is 3. The number of methoxy groups -OCH3 is 1. The standard InChI is InChI=1S/C20H21N5O2/c1-25(14-10-15-7-11-21-12-8-15)18-9-13-22-20(24-18)23-17-6-4-3-5-16(17)19(26)27-2/h3-9,11-13H,10,14H2,1-2H3,(H,22,23,24). The number of rotatable bonds is 7. The number of pyridine rings is 1. The van der Waals surface area contributed by atoms with Gasteiger partial charge >= 0.3 is 5.97 Å². The molecule has 3 aromatic rings. The first kappa shape index (κ1) is 18.3. The van der Waals surface area contributed by atoms with E-state index in [9.17, 15) is 4.79 Å². The van der Waals surface area contributed by atoms with Crippen molar-refractivity contribution >= 4 is 23.4 Å². The summed E-state index contributed by atoms with van der Waals surface area (Å²) in [5, 5.41) is 3.10. The highest BCUT2D eigenvalue weighted by Gasteiger charge is 2.12. The van der Waals surface area contributed by atoms with Gasteiger partial charge in [-0.3, -0.25) is 4.98 Å². The van der Waals surface area contributed by atoms with Gasteiger partial charge in [0.25, 0.3) is 0 Å². The van der Waals surface area contributed by atoms with Crippen LogP contribution in [-0.2, 0) is 11.2 Å². The topological polar surface area (TPSA) is 80.2 Å². The van der Waals surface area contributed by atoms with Gasteiger partial charge < -0.3 is 15.0 Å². The Kier molecular flexibility index (Phi) is 5.94. The molecule has 7 heteroatoms. The van der Waals surface area contributed by atoms with E-state index >= 15 is 0 Å². The monoisotopic (exact) mass is 363 g/mol. The molecule has 0 aliphatic carbocycles. The number of hydrogen-bond acceptors (Lipinski definition) is 7. The van der Waals surface area contributed by atoms with E-state index in [1.54, 1.807) is 36.8 Å². The highest BCUT2D eigenvalue weighted by atomic mass is 16.5. The van der Waals surface area contributed by atoms with Crippen LogP contribution in [0.2, 0.25) is 0 Å². The van der Waals surface area contributed by atoms with E-state index in [2.05, 4.69) is 25.2 Å². The Balaban J connectivity index is 1.71. The van der Waals surface area contributed by atoms with Gasteiger partial charge in [0.1, 0.15) is 5.82 Å². The fraction of sp³-hybridized carbons (Fsp3) is 0.200. The molecule has 0 unspecified atom stereocenters. The van der Waals surface area contributed by atoms with Crippen molar-refractivity contribution < 1.29 is 9.53 Å². The van der Waals surface area contributed by atoms with E-state index in [0.717, 1.165) is 18.8 Å². The lowest BCUT2D eigenvalue weighted by Gasteiger charge is -2.19. The number of carbonyl (C=O) groups excluding carboxylic acids is 1. The van der Waals surface area contributed by atoms with E-state index in [4.69, 9.17) is 4.74 Å².